The number of hydrogen-bond donors (Lipinski definition) is 1. The molecule has 144 valence electrons. The minimum absolute atomic E-state index is 0.426. The number of nitrogens with zero attached hydrogens (tertiary/aromatic N) is 2. The second-order valence-electron chi connectivity index (χ2n) is 6.31. The predicted molar refractivity (Wildman–Crippen MR) is 110 cm³/mol. The summed E-state index contributed by atoms with van der Waals surface area (Å²) in [5.41, 5.74) is 0.946. The molecule has 0 aromatic rings. The Morgan fingerprint density at radius 3 is 2.58 bits per heavy atom. The Morgan fingerprint density at radius 1 is 1.27 bits per heavy atom. The minimum atomic E-state index is -0.876. The van der Waals surface area contributed by atoms with Crippen molar-refractivity contribution in [3.63, 3.8) is 0 Å². The third-order valence-electron chi connectivity index (χ3n) is 4.15. The van der Waals surface area contributed by atoms with Gasteiger partial charge in [-0.3, -0.25) is 4.99 Å². The zero-order valence-corrected chi connectivity index (χ0v) is 16.8. The van der Waals surface area contributed by atoms with E-state index >= 15 is 0 Å². The van der Waals surface area contributed by atoms with Crippen molar-refractivity contribution in [2.75, 3.05) is 26.2 Å². The summed E-state index contributed by atoms with van der Waals surface area (Å²) in [4.78, 5) is 19.0. The van der Waals surface area contributed by atoms with Crippen LogP contribution in [-0.2, 0) is 4.74 Å². The number of carbonyl (C=O) groups excluding carboxylic acids is 1. The van der Waals surface area contributed by atoms with E-state index < -0.39 is 11.7 Å². The van der Waals surface area contributed by atoms with Crippen molar-refractivity contribution in [1.82, 2.24) is 10.2 Å². The monoisotopic (exact) mass is 359 g/mol. The van der Waals surface area contributed by atoms with Crippen LogP contribution in [0.25, 0.3) is 0 Å². The molecule has 0 saturated carbocycles. The van der Waals surface area contributed by atoms with Crippen LogP contribution >= 0.6 is 0 Å². The van der Waals surface area contributed by atoms with Crippen LogP contribution < -0.4 is 5.32 Å². The number of rotatable bonds is 9. The lowest BCUT2D eigenvalue weighted by atomic mass is 10.1. The normalized spacial score (nSPS) is 20.4. The largest absolute Gasteiger partial charge is 0.433 e. The van der Waals surface area contributed by atoms with Crippen LogP contribution in [0.2, 0.25) is 0 Å². The third-order valence-corrected chi connectivity index (χ3v) is 4.15. The van der Waals surface area contributed by atoms with Gasteiger partial charge in [0.15, 0.2) is 5.60 Å². The van der Waals surface area contributed by atoms with Crippen molar-refractivity contribution in [3.05, 3.63) is 47.7 Å². The highest BCUT2D eigenvalue weighted by Crippen LogP contribution is 2.21. The molecular weight excluding hydrogens is 326 g/mol. The van der Waals surface area contributed by atoms with Gasteiger partial charge in [0.2, 0.25) is 0 Å². The van der Waals surface area contributed by atoms with E-state index in [1.807, 2.05) is 57.2 Å². The highest BCUT2D eigenvalue weighted by Gasteiger charge is 2.25. The van der Waals surface area contributed by atoms with E-state index in [2.05, 4.69) is 29.1 Å². The summed E-state index contributed by atoms with van der Waals surface area (Å²) in [6.07, 6.45) is 13.8. The third kappa shape index (κ3) is 7.40. The number of ether oxygens (including phenoxy) is 1. The maximum absolute atomic E-state index is 12.1. The predicted octanol–water partition coefficient (Wildman–Crippen LogP) is 4.25. The summed E-state index contributed by atoms with van der Waals surface area (Å²) in [5.74, 6) is 0. The standard InChI is InChI=1S/C21H33N3O2/c1-6-11-18-13-14-21(5,17-23-19(18)12-7-2)26-20(25)22-15-10-16-24(8-3)9-4/h6-7,11-14,17H,8-10,15-16H2,1-5H3,(H,22,25)/b11-6-,12-7-. The molecule has 0 bridgehead atoms. The SMILES string of the molecule is C/C=C\C1=C(/C=C\C)N=CC(C)(OC(=O)NCCCN(CC)CC)C=C1. The molecule has 1 unspecified atom stereocenters. The van der Waals surface area contributed by atoms with Gasteiger partial charge in [-0.15, -0.1) is 0 Å². The van der Waals surface area contributed by atoms with E-state index in [9.17, 15) is 4.79 Å². The molecule has 0 radical (unpaired) electrons. The molecule has 0 saturated heterocycles. The van der Waals surface area contributed by atoms with E-state index in [-0.39, 0.29) is 0 Å². The van der Waals surface area contributed by atoms with Crippen LogP contribution in [0.3, 0.4) is 0 Å². The molecule has 26 heavy (non-hydrogen) atoms. The molecule has 1 N–H and O–H groups in total. The van der Waals surface area contributed by atoms with Gasteiger partial charge in [-0.05, 0) is 64.6 Å². The van der Waals surface area contributed by atoms with Crippen LogP contribution in [-0.4, -0.2) is 49.0 Å². The summed E-state index contributed by atoms with van der Waals surface area (Å²) in [5, 5.41) is 2.83. The second-order valence-corrected chi connectivity index (χ2v) is 6.31. The Hall–Kier alpha value is -2.14. The second kappa shape index (κ2) is 11.5. The fourth-order valence-electron chi connectivity index (χ4n) is 2.60. The van der Waals surface area contributed by atoms with E-state index in [1.165, 1.54) is 0 Å². The zero-order chi connectivity index (χ0) is 19.4. The van der Waals surface area contributed by atoms with Crippen LogP contribution in [0, 0.1) is 0 Å². The van der Waals surface area contributed by atoms with E-state index in [1.54, 1.807) is 6.21 Å². The molecule has 1 rings (SSSR count). The van der Waals surface area contributed by atoms with Gasteiger partial charge in [0.05, 0.1) is 11.9 Å². The minimum Gasteiger partial charge on any atom is -0.433 e. The average molecular weight is 360 g/mol. The molecule has 1 atom stereocenters. The van der Waals surface area contributed by atoms with Crippen LogP contribution in [0.5, 0.6) is 0 Å². The summed E-state index contributed by atoms with van der Waals surface area (Å²) < 4.78 is 5.60. The first kappa shape index (κ1) is 21.9. The summed E-state index contributed by atoms with van der Waals surface area (Å²) in [6, 6.07) is 0. The Kier molecular flexibility index (Phi) is 9.66. The lowest BCUT2D eigenvalue weighted by molar-refractivity contribution is 0.102. The number of carbonyl (C=O) groups is 1. The first-order chi connectivity index (χ1) is 12.5. The molecule has 0 fully saturated rings. The number of amides is 1. The fourth-order valence-corrected chi connectivity index (χ4v) is 2.60. The number of nitrogens with one attached hydrogen (secondary N) is 1. The zero-order valence-electron chi connectivity index (χ0n) is 16.8. The number of hydrogen-bond acceptors (Lipinski definition) is 4. The smallest absolute Gasteiger partial charge is 0.408 e. The topological polar surface area (TPSA) is 53.9 Å². The first-order valence-electron chi connectivity index (χ1n) is 9.41. The van der Waals surface area contributed by atoms with Crippen molar-refractivity contribution >= 4 is 12.3 Å². The lowest BCUT2D eigenvalue weighted by Gasteiger charge is -2.22. The highest BCUT2D eigenvalue weighted by molar-refractivity contribution is 5.79. The summed E-state index contributed by atoms with van der Waals surface area (Å²) >= 11 is 0. The van der Waals surface area contributed by atoms with Gasteiger partial charge in [0, 0.05) is 6.54 Å². The van der Waals surface area contributed by atoms with E-state index in [0.717, 1.165) is 37.3 Å². The molecule has 1 aliphatic heterocycles. The molecular formula is C21H33N3O2. The molecule has 0 spiro atoms. The molecule has 1 heterocycles. The van der Waals surface area contributed by atoms with Gasteiger partial charge in [0.25, 0.3) is 0 Å². The molecule has 1 amide bonds. The molecule has 5 nitrogen and oxygen atoms in total. The van der Waals surface area contributed by atoms with Crippen molar-refractivity contribution in [1.29, 1.82) is 0 Å². The molecule has 0 aromatic carbocycles. The Morgan fingerprint density at radius 2 is 1.96 bits per heavy atom. The van der Waals surface area contributed by atoms with Crippen LogP contribution in [0.1, 0.15) is 41.0 Å². The lowest BCUT2D eigenvalue weighted by Crippen LogP contribution is -2.37. The van der Waals surface area contributed by atoms with Crippen LogP contribution in [0.15, 0.2) is 52.7 Å². The van der Waals surface area contributed by atoms with Crippen molar-refractivity contribution in [2.45, 2.75) is 46.6 Å². The highest BCUT2D eigenvalue weighted by atomic mass is 16.6. The Labute approximate surface area is 158 Å². The van der Waals surface area contributed by atoms with Crippen molar-refractivity contribution in [3.8, 4) is 0 Å². The van der Waals surface area contributed by atoms with Gasteiger partial charge in [-0.25, -0.2) is 4.79 Å². The fraction of sp³-hybridized carbons (Fsp3) is 0.524. The Balaban J connectivity index is 2.63. The molecule has 1 aliphatic rings. The maximum atomic E-state index is 12.1. The summed E-state index contributed by atoms with van der Waals surface area (Å²) in [6.45, 7) is 13.6. The number of aliphatic imine (C=N–C) groups is 1. The van der Waals surface area contributed by atoms with Gasteiger partial charge in [-0.2, -0.15) is 0 Å². The number of alkyl carbamates (subject to hydrolysis) is 1. The average Bonchev–Trinajstić information content (AvgIpc) is 2.76. The van der Waals surface area contributed by atoms with Gasteiger partial charge in [-0.1, -0.05) is 38.2 Å². The number of allylic oxidation sites excluding steroid dienone is 6. The van der Waals surface area contributed by atoms with E-state index in [0.29, 0.717) is 6.54 Å². The first-order valence-corrected chi connectivity index (χ1v) is 9.41. The van der Waals surface area contributed by atoms with Gasteiger partial charge < -0.3 is 15.0 Å². The van der Waals surface area contributed by atoms with Crippen LogP contribution in [0.4, 0.5) is 4.79 Å². The van der Waals surface area contributed by atoms with Crippen molar-refractivity contribution in [2.24, 2.45) is 4.99 Å². The summed E-state index contributed by atoms with van der Waals surface area (Å²) in [7, 11) is 0. The maximum Gasteiger partial charge on any atom is 0.408 e. The van der Waals surface area contributed by atoms with E-state index in [4.69, 9.17) is 4.74 Å². The molecule has 5 heteroatoms. The van der Waals surface area contributed by atoms with Gasteiger partial charge in [0.1, 0.15) is 0 Å². The Bertz CT molecular complexity index is 564. The van der Waals surface area contributed by atoms with Gasteiger partial charge >= 0.3 is 6.09 Å². The quantitative estimate of drug-likeness (QED) is 0.626. The molecule has 0 aromatic heterocycles. The van der Waals surface area contributed by atoms with Crippen molar-refractivity contribution < 1.29 is 9.53 Å². The molecule has 0 aliphatic carbocycles.